The molecule has 1 aromatic heterocycles. The van der Waals surface area contributed by atoms with Crippen LogP contribution in [0.3, 0.4) is 0 Å². The third-order valence-electron chi connectivity index (χ3n) is 4.83. The molecule has 1 aliphatic heterocycles. The van der Waals surface area contributed by atoms with Crippen LogP contribution in [0.15, 0.2) is 34.1 Å². The van der Waals surface area contributed by atoms with E-state index in [0.29, 0.717) is 4.88 Å². The molecule has 1 aliphatic rings. The van der Waals surface area contributed by atoms with Crippen molar-refractivity contribution < 1.29 is 14.4 Å². The van der Waals surface area contributed by atoms with Crippen molar-refractivity contribution in [1.82, 2.24) is 10.2 Å². The molecule has 28 heavy (non-hydrogen) atoms. The first-order chi connectivity index (χ1) is 13.1. The van der Waals surface area contributed by atoms with Gasteiger partial charge in [-0.15, -0.1) is 11.3 Å². The lowest BCUT2D eigenvalue weighted by Crippen LogP contribution is -2.41. The minimum absolute atomic E-state index is 0.229. The Labute approximate surface area is 176 Å². The molecule has 0 saturated carbocycles. The van der Waals surface area contributed by atoms with E-state index in [1.165, 1.54) is 11.3 Å². The maximum atomic E-state index is 12.9. The molecule has 0 radical (unpaired) electrons. The van der Waals surface area contributed by atoms with E-state index in [-0.39, 0.29) is 12.5 Å². The van der Waals surface area contributed by atoms with Crippen molar-refractivity contribution in [2.24, 2.45) is 0 Å². The molecule has 0 bridgehead atoms. The van der Waals surface area contributed by atoms with Gasteiger partial charge in [-0.25, -0.2) is 4.79 Å². The molecule has 0 spiro atoms. The fourth-order valence-electron chi connectivity index (χ4n) is 3.26. The number of carbonyl (C=O) groups is 3. The van der Waals surface area contributed by atoms with E-state index in [1.807, 2.05) is 45.0 Å². The zero-order valence-corrected chi connectivity index (χ0v) is 18.5. The standard InChI is InChI=1S/C20H22BrN3O3S/c1-11(2)13-7-5-6-12(3)17(13)22-16(25)10-24-18(26)20(4,23-19(24)27)14-8-9-15(21)28-14/h5-9,11H,10H2,1-4H3,(H,22,25)(H,23,27). The van der Waals surface area contributed by atoms with Gasteiger partial charge in [0.25, 0.3) is 5.91 Å². The van der Waals surface area contributed by atoms with Crippen molar-refractivity contribution in [2.75, 3.05) is 11.9 Å². The summed E-state index contributed by atoms with van der Waals surface area (Å²) in [6.07, 6.45) is 0. The number of aryl methyl sites for hydroxylation is 1. The summed E-state index contributed by atoms with van der Waals surface area (Å²) in [6.45, 7) is 7.33. The summed E-state index contributed by atoms with van der Waals surface area (Å²) in [4.78, 5) is 39.7. The number of nitrogens with one attached hydrogen (secondary N) is 2. The van der Waals surface area contributed by atoms with Crippen LogP contribution in [-0.2, 0) is 15.1 Å². The molecular formula is C20H22BrN3O3S. The van der Waals surface area contributed by atoms with Gasteiger partial charge in [0.2, 0.25) is 5.91 Å². The summed E-state index contributed by atoms with van der Waals surface area (Å²) in [5.41, 5.74) is 1.52. The molecule has 1 aromatic carbocycles. The van der Waals surface area contributed by atoms with Crippen LogP contribution in [0.25, 0.3) is 0 Å². The Morgan fingerprint density at radius 1 is 1.29 bits per heavy atom. The van der Waals surface area contributed by atoms with Crippen LogP contribution >= 0.6 is 27.3 Å². The minimum Gasteiger partial charge on any atom is -0.324 e. The molecule has 1 fully saturated rings. The summed E-state index contributed by atoms with van der Waals surface area (Å²) in [6, 6.07) is 8.88. The number of benzene rings is 1. The van der Waals surface area contributed by atoms with E-state index in [0.717, 1.165) is 25.5 Å². The highest BCUT2D eigenvalue weighted by atomic mass is 79.9. The van der Waals surface area contributed by atoms with Crippen LogP contribution in [0.1, 0.15) is 42.7 Å². The van der Waals surface area contributed by atoms with Crippen molar-refractivity contribution in [1.29, 1.82) is 0 Å². The van der Waals surface area contributed by atoms with Crippen LogP contribution < -0.4 is 10.6 Å². The number of imide groups is 1. The second-order valence-electron chi connectivity index (χ2n) is 7.29. The highest BCUT2D eigenvalue weighted by molar-refractivity contribution is 9.11. The number of hydrogen-bond donors (Lipinski definition) is 2. The molecule has 4 amide bonds. The SMILES string of the molecule is Cc1cccc(C(C)C)c1NC(=O)CN1C(=O)NC(C)(c2ccc(Br)s2)C1=O. The monoisotopic (exact) mass is 463 g/mol. The van der Waals surface area contributed by atoms with Crippen molar-refractivity contribution in [2.45, 2.75) is 39.2 Å². The molecule has 2 N–H and O–H groups in total. The Hall–Kier alpha value is -2.19. The largest absolute Gasteiger partial charge is 0.325 e. The van der Waals surface area contributed by atoms with Crippen LogP contribution in [0, 0.1) is 6.92 Å². The summed E-state index contributed by atoms with van der Waals surface area (Å²) in [5, 5.41) is 5.60. The Morgan fingerprint density at radius 2 is 2.00 bits per heavy atom. The number of para-hydroxylation sites is 1. The van der Waals surface area contributed by atoms with E-state index in [1.54, 1.807) is 13.0 Å². The first kappa shape index (κ1) is 20.5. The number of halogens is 1. The van der Waals surface area contributed by atoms with Gasteiger partial charge < -0.3 is 10.6 Å². The van der Waals surface area contributed by atoms with Crippen molar-refractivity contribution in [3.05, 3.63) is 50.1 Å². The second-order valence-corrected chi connectivity index (χ2v) is 9.76. The summed E-state index contributed by atoms with van der Waals surface area (Å²) in [5.74, 6) is -0.611. The fraction of sp³-hybridized carbons (Fsp3) is 0.350. The summed E-state index contributed by atoms with van der Waals surface area (Å²) < 4.78 is 0.864. The van der Waals surface area contributed by atoms with Crippen LogP contribution in [-0.4, -0.2) is 29.3 Å². The van der Waals surface area contributed by atoms with E-state index in [4.69, 9.17) is 0 Å². The quantitative estimate of drug-likeness (QED) is 0.646. The number of rotatable bonds is 5. The fourth-order valence-corrected chi connectivity index (χ4v) is 4.74. The van der Waals surface area contributed by atoms with Gasteiger partial charge in [-0.05, 0) is 59.0 Å². The lowest BCUT2D eigenvalue weighted by Gasteiger charge is -2.20. The van der Waals surface area contributed by atoms with E-state index < -0.39 is 23.4 Å². The van der Waals surface area contributed by atoms with Crippen molar-refractivity contribution in [3.8, 4) is 0 Å². The maximum absolute atomic E-state index is 12.9. The number of carbonyl (C=O) groups excluding carboxylic acids is 3. The predicted octanol–water partition coefficient (Wildman–Crippen LogP) is 4.35. The molecule has 2 heterocycles. The van der Waals surface area contributed by atoms with Crippen LogP contribution in [0.5, 0.6) is 0 Å². The molecule has 3 rings (SSSR count). The molecule has 1 atom stereocenters. The predicted molar refractivity (Wildman–Crippen MR) is 114 cm³/mol. The van der Waals surface area contributed by atoms with E-state index in [2.05, 4.69) is 26.6 Å². The van der Waals surface area contributed by atoms with Gasteiger partial charge >= 0.3 is 6.03 Å². The topological polar surface area (TPSA) is 78.5 Å². The number of amides is 4. The number of anilines is 1. The van der Waals surface area contributed by atoms with E-state index >= 15 is 0 Å². The summed E-state index contributed by atoms with van der Waals surface area (Å²) >= 11 is 4.75. The van der Waals surface area contributed by atoms with Crippen molar-refractivity contribution in [3.63, 3.8) is 0 Å². The number of thiophene rings is 1. The molecule has 148 valence electrons. The first-order valence-corrected chi connectivity index (χ1v) is 10.5. The van der Waals surface area contributed by atoms with Gasteiger partial charge in [-0.3, -0.25) is 14.5 Å². The third-order valence-corrected chi connectivity index (χ3v) is 6.68. The Balaban J connectivity index is 1.78. The van der Waals surface area contributed by atoms with Crippen molar-refractivity contribution >= 4 is 50.8 Å². The Bertz CT molecular complexity index is 956. The van der Waals surface area contributed by atoms with Gasteiger partial charge in [-0.1, -0.05) is 32.0 Å². The van der Waals surface area contributed by atoms with E-state index in [9.17, 15) is 14.4 Å². The van der Waals surface area contributed by atoms with Crippen LogP contribution in [0.4, 0.5) is 10.5 Å². The molecule has 2 aromatic rings. The Kier molecular flexibility index (Phi) is 5.63. The third kappa shape index (κ3) is 3.71. The Morgan fingerprint density at radius 3 is 2.61 bits per heavy atom. The minimum atomic E-state index is -1.17. The number of nitrogens with zero attached hydrogens (tertiary/aromatic N) is 1. The highest BCUT2D eigenvalue weighted by Crippen LogP contribution is 2.35. The van der Waals surface area contributed by atoms with Gasteiger partial charge in [0.05, 0.1) is 3.79 Å². The second kappa shape index (κ2) is 7.67. The molecule has 6 nitrogen and oxygen atoms in total. The molecule has 8 heteroatoms. The first-order valence-electron chi connectivity index (χ1n) is 8.92. The summed E-state index contributed by atoms with van der Waals surface area (Å²) in [7, 11) is 0. The average molecular weight is 464 g/mol. The zero-order chi connectivity index (χ0) is 20.6. The zero-order valence-electron chi connectivity index (χ0n) is 16.1. The lowest BCUT2D eigenvalue weighted by molar-refractivity contribution is -0.133. The number of hydrogen-bond acceptors (Lipinski definition) is 4. The van der Waals surface area contributed by atoms with Gasteiger partial charge in [-0.2, -0.15) is 0 Å². The molecule has 0 aliphatic carbocycles. The van der Waals surface area contributed by atoms with Crippen LogP contribution in [0.2, 0.25) is 0 Å². The normalized spacial score (nSPS) is 19.3. The smallest absolute Gasteiger partial charge is 0.324 e. The van der Waals surface area contributed by atoms with Gasteiger partial charge in [0, 0.05) is 10.6 Å². The average Bonchev–Trinajstić information content (AvgIpc) is 3.15. The molecular weight excluding hydrogens is 442 g/mol. The number of urea groups is 1. The van der Waals surface area contributed by atoms with Gasteiger partial charge in [0.1, 0.15) is 6.54 Å². The molecule has 1 unspecified atom stereocenters. The molecule has 1 saturated heterocycles. The lowest BCUT2D eigenvalue weighted by atomic mass is 9.98. The van der Waals surface area contributed by atoms with Gasteiger partial charge in [0.15, 0.2) is 5.54 Å². The highest BCUT2D eigenvalue weighted by Gasteiger charge is 2.50. The maximum Gasteiger partial charge on any atom is 0.325 e.